The molecule has 0 aromatic carbocycles. The van der Waals surface area contributed by atoms with E-state index in [2.05, 4.69) is 0 Å². The molecule has 1 amide bonds. The highest BCUT2D eigenvalue weighted by molar-refractivity contribution is 5.89. The molecule has 0 unspecified atom stereocenters. The minimum atomic E-state index is -0.489. The van der Waals surface area contributed by atoms with Gasteiger partial charge in [0.2, 0.25) is 0 Å². The molecule has 2 saturated heterocycles. The molecule has 3 aliphatic rings. The van der Waals surface area contributed by atoms with Crippen LogP contribution in [-0.2, 0) is 9.53 Å². The molecule has 4 nitrogen and oxygen atoms in total. The van der Waals surface area contributed by atoms with Crippen LogP contribution in [0.1, 0.15) is 40.0 Å². The molecular formula is C12H19NO3. The lowest BCUT2D eigenvalue weighted by atomic mass is 9.79. The van der Waals surface area contributed by atoms with Gasteiger partial charge in [-0.3, -0.25) is 9.69 Å². The Morgan fingerprint density at radius 2 is 2.06 bits per heavy atom. The van der Waals surface area contributed by atoms with Gasteiger partial charge in [0.15, 0.2) is 5.78 Å². The minimum absolute atomic E-state index is 0.202. The number of piperidine rings is 2. The normalized spacial score (nSPS) is 29.4. The average Bonchev–Trinajstić information content (AvgIpc) is 2.15. The van der Waals surface area contributed by atoms with E-state index in [1.54, 1.807) is 4.90 Å². The molecule has 0 spiro atoms. The first-order chi connectivity index (χ1) is 7.37. The minimum Gasteiger partial charge on any atom is -0.444 e. The zero-order chi connectivity index (χ0) is 11.9. The number of nitrogens with zero attached hydrogens (tertiary/aromatic N) is 1. The molecule has 4 heteroatoms. The number of ketones is 1. The Morgan fingerprint density at radius 1 is 1.38 bits per heavy atom. The summed E-state index contributed by atoms with van der Waals surface area (Å²) in [6, 6.07) is -0.222. The summed E-state index contributed by atoms with van der Waals surface area (Å²) in [5.74, 6) is 0.554. The van der Waals surface area contributed by atoms with Gasteiger partial charge >= 0.3 is 6.09 Å². The standard InChI is InChI=1S/C12H19NO3/c1-12(2,3)16-11(15)13-7-8-4-5-9(13)10(14)6-8/h8-9H,4-7H2,1-3H3/t8-,9-/m0/s1. The van der Waals surface area contributed by atoms with E-state index in [4.69, 9.17) is 4.74 Å². The van der Waals surface area contributed by atoms with Gasteiger partial charge in [0.25, 0.3) is 0 Å². The van der Waals surface area contributed by atoms with Crippen molar-refractivity contribution in [3.8, 4) is 0 Å². The van der Waals surface area contributed by atoms with E-state index < -0.39 is 5.60 Å². The van der Waals surface area contributed by atoms with Crippen molar-refractivity contribution < 1.29 is 14.3 Å². The topological polar surface area (TPSA) is 46.6 Å². The summed E-state index contributed by atoms with van der Waals surface area (Å²) in [5.41, 5.74) is -0.489. The van der Waals surface area contributed by atoms with Crippen LogP contribution in [0.5, 0.6) is 0 Å². The molecule has 3 rings (SSSR count). The number of carbonyl (C=O) groups is 2. The van der Waals surface area contributed by atoms with Crippen LogP contribution in [0.25, 0.3) is 0 Å². The van der Waals surface area contributed by atoms with Crippen LogP contribution in [0.4, 0.5) is 4.79 Å². The fraction of sp³-hybridized carbons (Fsp3) is 0.833. The number of carbonyl (C=O) groups excluding carboxylic acids is 2. The Labute approximate surface area is 95.9 Å². The van der Waals surface area contributed by atoms with Crippen LogP contribution in [0.3, 0.4) is 0 Å². The van der Waals surface area contributed by atoms with E-state index in [0.717, 1.165) is 12.8 Å². The molecule has 2 atom stereocenters. The van der Waals surface area contributed by atoms with Crippen molar-refractivity contribution in [3.05, 3.63) is 0 Å². The van der Waals surface area contributed by atoms with E-state index in [1.807, 2.05) is 20.8 Å². The second kappa shape index (κ2) is 3.75. The number of hydrogen-bond donors (Lipinski definition) is 0. The fourth-order valence-corrected chi connectivity index (χ4v) is 2.49. The first kappa shape index (κ1) is 11.4. The summed E-state index contributed by atoms with van der Waals surface area (Å²) in [6.07, 6.45) is 2.18. The largest absolute Gasteiger partial charge is 0.444 e. The van der Waals surface area contributed by atoms with Crippen LogP contribution in [0.2, 0.25) is 0 Å². The third-order valence-corrected chi connectivity index (χ3v) is 3.17. The Kier molecular flexibility index (Phi) is 2.68. The maximum absolute atomic E-state index is 11.9. The Morgan fingerprint density at radius 3 is 2.56 bits per heavy atom. The molecule has 0 aromatic rings. The molecule has 0 N–H and O–H groups in total. The van der Waals surface area contributed by atoms with Crippen molar-refractivity contribution in [1.82, 2.24) is 4.90 Å². The molecule has 2 heterocycles. The van der Waals surface area contributed by atoms with Crippen molar-refractivity contribution >= 4 is 11.9 Å². The van der Waals surface area contributed by atoms with Crippen LogP contribution in [0, 0.1) is 5.92 Å². The summed E-state index contributed by atoms with van der Waals surface area (Å²) in [6.45, 7) is 6.21. The monoisotopic (exact) mass is 225 g/mol. The van der Waals surface area contributed by atoms with Gasteiger partial charge in [-0.1, -0.05) is 0 Å². The van der Waals surface area contributed by atoms with Crippen molar-refractivity contribution in [1.29, 1.82) is 0 Å². The quantitative estimate of drug-likeness (QED) is 0.633. The van der Waals surface area contributed by atoms with Crippen molar-refractivity contribution in [2.75, 3.05) is 6.54 Å². The number of hydrogen-bond acceptors (Lipinski definition) is 3. The first-order valence-corrected chi connectivity index (χ1v) is 5.89. The fourth-order valence-electron chi connectivity index (χ4n) is 2.49. The second-order valence-corrected chi connectivity index (χ2v) is 5.76. The maximum atomic E-state index is 11.9. The van der Waals surface area contributed by atoms with E-state index in [9.17, 15) is 9.59 Å². The Hall–Kier alpha value is -1.06. The SMILES string of the molecule is CC(C)(C)OC(=O)N1C[C@H]2CC[C@H]1C(=O)C2. The predicted octanol–water partition coefficient (Wildman–Crippen LogP) is 1.97. The summed E-state index contributed by atoms with van der Waals surface area (Å²) in [4.78, 5) is 25.2. The molecule has 0 radical (unpaired) electrons. The van der Waals surface area contributed by atoms with Gasteiger partial charge in [-0.25, -0.2) is 4.79 Å². The van der Waals surface area contributed by atoms with E-state index >= 15 is 0 Å². The molecule has 1 saturated carbocycles. The third kappa shape index (κ3) is 2.20. The molecule has 2 bridgehead atoms. The Balaban J connectivity index is 2.05. The molecule has 1 aliphatic carbocycles. The van der Waals surface area contributed by atoms with E-state index in [-0.39, 0.29) is 17.9 Å². The van der Waals surface area contributed by atoms with Gasteiger partial charge in [-0.15, -0.1) is 0 Å². The van der Waals surface area contributed by atoms with E-state index in [0.29, 0.717) is 18.9 Å². The van der Waals surface area contributed by atoms with Gasteiger partial charge < -0.3 is 4.74 Å². The van der Waals surface area contributed by atoms with Gasteiger partial charge in [0.05, 0.1) is 6.04 Å². The van der Waals surface area contributed by atoms with E-state index in [1.165, 1.54) is 0 Å². The summed E-state index contributed by atoms with van der Waals surface area (Å²) >= 11 is 0. The third-order valence-electron chi connectivity index (χ3n) is 3.17. The van der Waals surface area contributed by atoms with Crippen molar-refractivity contribution in [2.45, 2.75) is 51.7 Å². The lowest BCUT2D eigenvalue weighted by Gasteiger charge is -2.44. The Bertz CT molecular complexity index is 319. The second-order valence-electron chi connectivity index (χ2n) is 5.76. The predicted molar refractivity (Wildman–Crippen MR) is 59.1 cm³/mol. The first-order valence-electron chi connectivity index (χ1n) is 5.89. The van der Waals surface area contributed by atoms with Gasteiger partial charge in [0, 0.05) is 13.0 Å². The zero-order valence-corrected chi connectivity index (χ0v) is 10.2. The molecular weight excluding hydrogens is 206 g/mol. The average molecular weight is 225 g/mol. The molecule has 90 valence electrons. The maximum Gasteiger partial charge on any atom is 0.410 e. The van der Waals surface area contributed by atoms with Crippen molar-refractivity contribution in [2.24, 2.45) is 5.92 Å². The van der Waals surface area contributed by atoms with Crippen LogP contribution in [0.15, 0.2) is 0 Å². The summed E-state index contributed by atoms with van der Waals surface area (Å²) in [7, 11) is 0. The van der Waals surface area contributed by atoms with Crippen LogP contribution >= 0.6 is 0 Å². The molecule has 16 heavy (non-hydrogen) atoms. The smallest absolute Gasteiger partial charge is 0.410 e. The highest BCUT2D eigenvalue weighted by Crippen LogP contribution is 2.33. The highest BCUT2D eigenvalue weighted by Gasteiger charge is 2.43. The number of Topliss-reactive ketones (excluding diaryl/α,β-unsaturated/α-hetero) is 1. The molecule has 0 aromatic heterocycles. The van der Waals surface area contributed by atoms with Gasteiger partial charge in [0.1, 0.15) is 5.60 Å². The summed E-state index contributed by atoms with van der Waals surface area (Å²) in [5, 5.41) is 0. The van der Waals surface area contributed by atoms with Crippen molar-refractivity contribution in [3.63, 3.8) is 0 Å². The molecule has 2 aliphatic heterocycles. The number of amides is 1. The van der Waals surface area contributed by atoms with Crippen LogP contribution in [-0.4, -0.2) is 35.0 Å². The van der Waals surface area contributed by atoms with Crippen LogP contribution < -0.4 is 0 Å². The van der Waals surface area contributed by atoms with Gasteiger partial charge in [-0.05, 0) is 39.5 Å². The number of ether oxygens (including phenoxy) is 1. The number of rotatable bonds is 0. The lowest BCUT2D eigenvalue weighted by molar-refractivity contribution is -0.132. The lowest BCUT2D eigenvalue weighted by Crippen LogP contribution is -2.56. The summed E-state index contributed by atoms with van der Waals surface area (Å²) < 4.78 is 5.31. The van der Waals surface area contributed by atoms with Gasteiger partial charge in [-0.2, -0.15) is 0 Å². The zero-order valence-electron chi connectivity index (χ0n) is 10.2. The molecule has 3 fully saturated rings. The number of fused-ring (bicyclic) bond motifs is 3. The highest BCUT2D eigenvalue weighted by atomic mass is 16.6.